The Hall–Kier alpha value is -2.00. The smallest absolute Gasteiger partial charge is 0.123 e. The molecule has 0 aliphatic rings. The van der Waals surface area contributed by atoms with Crippen molar-refractivity contribution in [3.63, 3.8) is 0 Å². The highest BCUT2D eigenvalue weighted by Gasteiger charge is 2.22. The molecule has 0 radical (unpaired) electrons. The van der Waals surface area contributed by atoms with Crippen molar-refractivity contribution in [1.29, 1.82) is 0 Å². The summed E-state index contributed by atoms with van der Waals surface area (Å²) >= 11 is 0. The number of benzene rings is 2. The summed E-state index contributed by atoms with van der Waals surface area (Å²) in [6.07, 6.45) is 0. The van der Waals surface area contributed by atoms with Crippen molar-refractivity contribution >= 4 is 0 Å². The second-order valence-corrected chi connectivity index (χ2v) is 6.13. The molecule has 0 spiro atoms. The van der Waals surface area contributed by atoms with Crippen LogP contribution in [0.2, 0.25) is 0 Å². The Morgan fingerprint density at radius 2 is 1.57 bits per heavy atom. The lowest BCUT2D eigenvalue weighted by atomic mass is 9.93. The zero-order valence-electron chi connectivity index (χ0n) is 14.7. The Balaban J connectivity index is 2.31. The average Bonchev–Trinajstić information content (AvgIpc) is 2.59. The summed E-state index contributed by atoms with van der Waals surface area (Å²) in [5, 5.41) is 3.74. The molecule has 2 aromatic rings. The van der Waals surface area contributed by atoms with Gasteiger partial charge in [0.2, 0.25) is 0 Å². The Morgan fingerprint density at radius 1 is 0.870 bits per heavy atom. The topological polar surface area (TPSA) is 30.5 Å². The lowest BCUT2D eigenvalue weighted by Gasteiger charge is -2.28. The lowest BCUT2D eigenvalue weighted by Crippen LogP contribution is -2.28. The Kier molecular flexibility index (Phi) is 6.05. The number of rotatable bonds is 7. The van der Waals surface area contributed by atoms with Crippen LogP contribution in [0.15, 0.2) is 48.5 Å². The fraction of sp³-hybridized carbons (Fsp3) is 0.400. The van der Waals surface area contributed by atoms with Gasteiger partial charge in [-0.15, -0.1) is 0 Å². The molecule has 0 saturated heterocycles. The number of hydrogen-bond acceptors (Lipinski definition) is 3. The van der Waals surface area contributed by atoms with Gasteiger partial charge in [0.05, 0.1) is 14.2 Å². The van der Waals surface area contributed by atoms with Crippen molar-refractivity contribution < 1.29 is 9.47 Å². The molecule has 23 heavy (non-hydrogen) atoms. The second-order valence-electron chi connectivity index (χ2n) is 6.13. The van der Waals surface area contributed by atoms with Crippen LogP contribution < -0.4 is 14.8 Å². The minimum Gasteiger partial charge on any atom is -0.497 e. The minimum atomic E-state index is 0.176. The van der Waals surface area contributed by atoms with Gasteiger partial charge in [-0.2, -0.15) is 0 Å². The van der Waals surface area contributed by atoms with Gasteiger partial charge in [-0.1, -0.05) is 44.2 Å². The summed E-state index contributed by atoms with van der Waals surface area (Å²) in [5.41, 5.74) is 2.41. The number of hydrogen-bond donors (Lipinski definition) is 1. The molecular weight excluding hydrogens is 286 g/mol. The average molecular weight is 313 g/mol. The van der Waals surface area contributed by atoms with Crippen molar-refractivity contribution in [2.45, 2.75) is 32.9 Å². The van der Waals surface area contributed by atoms with Gasteiger partial charge in [0, 0.05) is 17.6 Å². The Labute approximate surface area is 139 Å². The van der Waals surface area contributed by atoms with E-state index < -0.39 is 0 Å². The molecule has 2 atom stereocenters. The van der Waals surface area contributed by atoms with E-state index in [9.17, 15) is 0 Å². The number of nitrogens with one attached hydrogen (secondary N) is 1. The van der Waals surface area contributed by atoms with E-state index in [0.29, 0.717) is 5.92 Å². The first-order valence-corrected chi connectivity index (χ1v) is 8.09. The van der Waals surface area contributed by atoms with Crippen LogP contribution >= 0.6 is 0 Å². The molecule has 0 aliphatic heterocycles. The van der Waals surface area contributed by atoms with Gasteiger partial charge in [-0.3, -0.25) is 0 Å². The van der Waals surface area contributed by atoms with Crippen molar-refractivity contribution in [2.24, 2.45) is 5.92 Å². The summed E-state index contributed by atoms with van der Waals surface area (Å²) in [7, 11) is 3.40. The molecule has 0 amide bonds. The third-order valence-corrected chi connectivity index (χ3v) is 4.17. The molecule has 0 unspecified atom stereocenters. The quantitative estimate of drug-likeness (QED) is 0.800. The number of methoxy groups -OCH3 is 2. The predicted octanol–water partition coefficient (Wildman–Crippen LogP) is 4.75. The first-order valence-electron chi connectivity index (χ1n) is 8.09. The molecule has 0 aliphatic carbocycles. The highest BCUT2D eigenvalue weighted by Crippen LogP contribution is 2.34. The molecular formula is C20H27NO2. The van der Waals surface area contributed by atoms with E-state index >= 15 is 0 Å². The van der Waals surface area contributed by atoms with Crippen LogP contribution in [0.4, 0.5) is 0 Å². The van der Waals surface area contributed by atoms with E-state index in [2.05, 4.69) is 56.4 Å². The molecule has 3 nitrogen and oxygen atoms in total. The zero-order chi connectivity index (χ0) is 16.8. The molecule has 0 aromatic heterocycles. The van der Waals surface area contributed by atoms with Crippen LogP contribution in [-0.4, -0.2) is 14.2 Å². The summed E-state index contributed by atoms with van der Waals surface area (Å²) in [5.74, 6) is 2.15. The van der Waals surface area contributed by atoms with Crippen LogP contribution in [0, 0.1) is 5.92 Å². The fourth-order valence-electron chi connectivity index (χ4n) is 2.83. The predicted molar refractivity (Wildman–Crippen MR) is 95.1 cm³/mol. The zero-order valence-corrected chi connectivity index (χ0v) is 14.7. The second kappa shape index (κ2) is 8.02. The minimum absolute atomic E-state index is 0.176. The maximum absolute atomic E-state index is 5.57. The molecule has 0 bridgehead atoms. The summed E-state index contributed by atoms with van der Waals surface area (Å²) < 4.78 is 11.0. The van der Waals surface area contributed by atoms with Crippen LogP contribution in [0.5, 0.6) is 11.5 Å². The van der Waals surface area contributed by atoms with E-state index in [1.54, 1.807) is 14.2 Å². The van der Waals surface area contributed by atoms with Crippen molar-refractivity contribution in [3.05, 3.63) is 59.7 Å². The third-order valence-electron chi connectivity index (χ3n) is 4.17. The van der Waals surface area contributed by atoms with Gasteiger partial charge >= 0.3 is 0 Å². The largest absolute Gasteiger partial charge is 0.497 e. The highest BCUT2D eigenvalue weighted by molar-refractivity contribution is 5.42. The molecule has 124 valence electrons. The van der Waals surface area contributed by atoms with Crippen LogP contribution in [0.1, 0.15) is 44.0 Å². The van der Waals surface area contributed by atoms with Gasteiger partial charge in [0.25, 0.3) is 0 Å². The van der Waals surface area contributed by atoms with E-state index in [4.69, 9.17) is 9.47 Å². The maximum Gasteiger partial charge on any atom is 0.123 e. The lowest BCUT2D eigenvalue weighted by molar-refractivity contribution is 0.346. The first kappa shape index (κ1) is 17.4. The van der Waals surface area contributed by atoms with Gasteiger partial charge in [0.1, 0.15) is 11.5 Å². The molecule has 1 N–H and O–H groups in total. The summed E-state index contributed by atoms with van der Waals surface area (Å²) in [6, 6.07) is 16.9. The van der Waals surface area contributed by atoms with E-state index in [0.717, 1.165) is 17.1 Å². The molecule has 0 saturated carbocycles. The van der Waals surface area contributed by atoms with E-state index in [-0.39, 0.29) is 12.1 Å². The van der Waals surface area contributed by atoms with E-state index in [1.807, 2.05) is 18.2 Å². The summed E-state index contributed by atoms with van der Waals surface area (Å²) in [6.45, 7) is 6.62. The summed E-state index contributed by atoms with van der Waals surface area (Å²) in [4.78, 5) is 0. The van der Waals surface area contributed by atoms with Gasteiger partial charge in [0.15, 0.2) is 0 Å². The maximum atomic E-state index is 5.57. The number of ether oxygens (including phenoxy) is 2. The van der Waals surface area contributed by atoms with E-state index in [1.165, 1.54) is 5.56 Å². The standard InChI is InChI=1S/C20H27NO2/c1-14(2)20(21-15(3)16-9-7-6-8-10-16)18-13-17(22-4)11-12-19(18)23-5/h6-15,20-21H,1-5H3/t15-,20-/m0/s1. The SMILES string of the molecule is COc1ccc(OC)c([C@@H](N[C@@H](C)c2ccccc2)C(C)C)c1. The van der Waals surface area contributed by atoms with Gasteiger partial charge < -0.3 is 14.8 Å². The Bertz CT molecular complexity index is 610. The van der Waals surface area contributed by atoms with Crippen molar-refractivity contribution in [1.82, 2.24) is 5.32 Å². The third kappa shape index (κ3) is 4.26. The van der Waals surface area contributed by atoms with Crippen LogP contribution in [0.25, 0.3) is 0 Å². The van der Waals surface area contributed by atoms with Gasteiger partial charge in [-0.25, -0.2) is 0 Å². The van der Waals surface area contributed by atoms with Crippen LogP contribution in [-0.2, 0) is 0 Å². The molecule has 0 fully saturated rings. The van der Waals surface area contributed by atoms with Crippen LogP contribution in [0.3, 0.4) is 0 Å². The monoisotopic (exact) mass is 313 g/mol. The molecule has 3 heteroatoms. The van der Waals surface area contributed by atoms with Gasteiger partial charge in [-0.05, 0) is 36.6 Å². The molecule has 2 rings (SSSR count). The fourth-order valence-corrected chi connectivity index (χ4v) is 2.83. The Morgan fingerprint density at radius 3 is 2.13 bits per heavy atom. The highest BCUT2D eigenvalue weighted by atomic mass is 16.5. The molecule has 0 heterocycles. The normalized spacial score (nSPS) is 13.7. The van der Waals surface area contributed by atoms with Crippen molar-refractivity contribution in [2.75, 3.05) is 14.2 Å². The van der Waals surface area contributed by atoms with Crippen molar-refractivity contribution in [3.8, 4) is 11.5 Å². The first-order chi connectivity index (χ1) is 11.1. The molecule has 2 aromatic carbocycles.